The molecule has 4 rings (SSSR count). The fourth-order valence-electron chi connectivity index (χ4n) is 3.36. The van der Waals surface area contributed by atoms with Crippen LogP contribution in [-0.2, 0) is 22.4 Å². The molecule has 0 radical (unpaired) electrons. The number of hydrogen-bond acceptors (Lipinski definition) is 4. The van der Waals surface area contributed by atoms with Crippen LogP contribution in [0, 0.1) is 5.82 Å². The highest BCUT2D eigenvalue weighted by Crippen LogP contribution is 2.33. The first kappa shape index (κ1) is 20.4. The van der Waals surface area contributed by atoms with Gasteiger partial charge in [0.15, 0.2) is 5.79 Å². The molecule has 1 saturated heterocycles. The van der Waals surface area contributed by atoms with Gasteiger partial charge in [0.25, 0.3) is 0 Å². The molecule has 1 aliphatic heterocycles. The topological polar surface area (TPSA) is 36.3 Å². The number of aryl methyl sites for hydroxylation is 1. The van der Waals surface area contributed by atoms with Crippen molar-refractivity contribution in [2.45, 2.75) is 36.2 Å². The summed E-state index contributed by atoms with van der Waals surface area (Å²) < 4.78 is 27.7. The average molecular weight is 433 g/mol. The summed E-state index contributed by atoms with van der Waals surface area (Å²) in [5.41, 5.74) is 1.19. The Morgan fingerprint density at radius 3 is 2.69 bits per heavy atom. The van der Waals surface area contributed by atoms with Gasteiger partial charge in [0.05, 0.1) is 25.6 Å². The van der Waals surface area contributed by atoms with Crippen molar-refractivity contribution in [2.24, 2.45) is 0 Å². The lowest BCUT2D eigenvalue weighted by molar-refractivity contribution is -0.180. The first-order chi connectivity index (χ1) is 14.1. The van der Waals surface area contributed by atoms with E-state index in [1.807, 2.05) is 35.0 Å². The molecule has 152 valence electrons. The van der Waals surface area contributed by atoms with Crippen LogP contribution in [0.2, 0.25) is 5.02 Å². The third kappa shape index (κ3) is 5.60. The van der Waals surface area contributed by atoms with Crippen molar-refractivity contribution >= 4 is 23.4 Å². The van der Waals surface area contributed by atoms with Gasteiger partial charge in [-0.05, 0) is 48.4 Å². The normalized spacial score (nSPS) is 21.5. The Labute approximate surface area is 179 Å². The molecule has 29 heavy (non-hydrogen) atoms. The molecule has 0 bridgehead atoms. The van der Waals surface area contributed by atoms with E-state index in [0.717, 1.165) is 28.5 Å². The molecule has 7 heteroatoms. The number of aromatic nitrogens is 2. The largest absolute Gasteiger partial charge is 0.345 e. The summed E-state index contributed by atoms with van der Waals surface area (Å²) in [6, 6.07) is 14.4. The molecule has 4 nitrogen and oxygen atoms in total. The minimum absolute atomic E-state index is 0.0289. The van der Waals surface area contributed by atoms with Gasteiger partial charge < -0.3 is 14.0 Å². The van der Waals surface area contributed by atoms with Crippen LogP contribution in [0.25, 0.3) is 0 Å². The van der Waals surface area contributed by atoms with Crippen LogP contribution in [0.5, 0.6) is 0 Å². The molecular formula is C22H22ClFN2O2S. The lowest BCUT2D eigenvalue weighted by atomic mass is 10.0. The van der Waals surface area contributed by atoms with E-state index in [1.54, 1.807) is 36.4 Å². The van der Waals surface area contributed by atoms with E-state index in [9.17, 15) is 4.39 Å². The molecule has 3 aromatic rings. The van der Waals surface area contributed by atoms with Gasteiger partial charge >= 0.3 is 0 Å². The number of nitrogens with zero attached hydrogens (tertiary/aromatic N) is 2. The van der Waals surface area contributed by atoms with E-state index in [2.05, 4.69) is 4.98 Å². The van der Waals surface area contributed by atoms with Crippen LogP contribution in [0.15, 0.2) is 72.1 Å². The SMILES string of the molecule is Fc1ccc(SCC2COC(CCc3ccc(Cl)cc3)(Cn3ccnc3)O2)cc1. The van der Waals surface area contributed by atoms with Crippen molar-refractivity contribution in [3.8, 4) is 0 Å². The highest BCUT2D eigenvalue weighted by Gasteiger charge is 2.41. The van der Waals surface area contributed by atoms with Gasteiger partial charge in [-0.1, -0.05) is 23.7 Å². The summed E-state index contributed by atoms with van der Waals surface area (Å²) in [7, 11) is 0. The monoisotopic (exact) mass is 432 g/mol. The Kier molecular flexibility index (Phi) is 6.55. The maximum absolute atomic E-state index is 13.1. The minimum atomic E-state index is -0.700. The van der Waals surface area contributed by atoms with Crippen molar-refractivity contribution in [2.75, 3.05) is 12.4 Å². The average Bonchev–Trinajstić information content (AvgIpc) is 3.38. The minimum Gasteiger partial charge on any atom is -0.345 e. The quantitative estimate of drug-likeness (QED) is 0.458. The molecule has 2 atom stereocenters. The summed E-state index contributed by atoms with van der Waals surface area (Å²) in [5, 5.41) is 0.730. The number of hydrogen-bond donors (Lipinski definition) is 0. The number of ether oxygens (including phenoxy) is 2. The van der Waals surface area contributed by atoms with E-state index < -0.39 is 5.79 Å². The zero-order valence-electron chi connectivity index (χ0n) is 15.8. The van der Waals surface area contributed by atoms with E-state index in [4.69, 9.17) is 21.1 Å². The van der Waals surface area contributed by atoms with E-state index in [0.29, 0.717) is 13.2 Å². The lowest BCUT2D eigenvalue weighted by Gasteiger charge is -2.28. The highest BCUT2D eigenvalue weighted by atomic mass is 35.5. The van der Waals surface area contributed by atoms with Crippen LogP contribution < -0.4 is 0 Å². The molecule has 2 aromatic carbocycles. The van der Waals surface area contributed by atoms with Crippen LogP contribution in [-0.4, -0.2) is 33.8 Å². The van der Waals surface area contributed by atoms with Gasteiger partial charge in [-0.15, -0.1) is 11.8 Å². The zero-order chi connectivity index (χ0) is 20.1. The van der Waals surface area contributed by atoms with Gasteiger partial charge in [-0.3, -0.25) is 0 Å². The Hall–Kier alpha value is -1.86. The van der Waals surface area contributed by atoms with Gasteiger partial charge in [-0.25, -0.2) is 9.37 Å². The first-order valence-corrected chi connectivity index (χ1v) is 10.9. The van der Waals surface area contributed by atoms with Crippen molar-refractivity contribution in [3.63, 3.8) is 0 Å². The predicted octanol–water partition coefficient (Wildman–Crippen LogP) is 5.21. The zero-order valence-corrected chi connectivity index (χ0v) is 17.4. The van der Waals surface area contributed by atoms with E-state index >= 15 is 0 Å². The third-order valence-corrected chi connectivity index (χ3v) is 6.25. The van der Waals surface area contributed by atoms with E-state index in [-0.39, 0.29) is 11.9 Å². The third-order valence-electron chi connectivity index (χ3n) is 4.85. The number of halogens is 2. The molecule has 1 fully saturated rings. The van der Waals surface area contributed by atoms with Gasteiger partial charge in [0.2, 0.25) is 0 Å². The van der Waals surface area contributed by atoms with E-state index in [1.165, 1.54) is 17.7 Å². The summed E-state index contributed by atoms with van der Waals surface area (Å²) in [6.07, 6.45) is 6.96. The maximum Gasteiger partial charge on any atom is 0.187 e. The molecule has 0 spiro atoms. The summed E-state index contributed by atoms with van der Waals surface area (Å²) in [6.45, 7) is 1.11. The maximum atomic E-state index is 13.1. The Morgan fingerprint density at radius 1 is 1.17 bits per heavy atom. The molecule has 0 aliphatic carbocycles. The fraction of sp³-hybridized carbons (Fsp3) is 0.318. The number of rotatable bonds is 8. The Morgan fingerprint density at radius 2 is 1.97 bits per heavy atom. The van der Waals surface area contributed by atoms with Gasteiger partial charge in [0.1, 0.15) is 5.82 Å². The molecule has 0 saturated carbocycles. The van der Waals surface area contributed by atoms with Crippen molar-refractivity contribution in [1.29, 1.82) is 0 Å². The van der Waals surface area contributed by atoms with Crippen LogP contribution in [0.4, 0.5) is 4.39 Å². The molecule has 0 N–H and O–H groups in total. The van der Waals surface area contributed by atoms with Gasteiger partial charge in [-0.2, -0.15) is 0 Å². The summed E-state index contributed by atoms with van der Waals surface area (Å²) in [5.74, 6) is -0.177. The first-order valence-electron chi connectivity index (χ1n) is 9.51. The summed E-state index contributed by atoms with van der Waals surface area (Å²) >= 11 is 7.64. The predicted molar refractivity (Wildman–Crippen MR) is 113 cm³/mol. The van der Waals surface area contributed by atoms with Crippen LogP contribution in [0.3, 0.4) is 0 Å². The lowest BCUT2D eigenvalue weighted by Crippen LogP contribution is -2.37. The molecule has 0 amide bonds. The highest BCUT2D eigenvalue weighted by molar-refractivity contribution is 7.99. The van der Waals surface area contributed by atoms with Crippen molar-refractivity contribution in [3.05, 3.63) is 83.7 Å². The standard InChI is InChI=1S/C22H22ClFN2O2S/c23-18-3-1-17(2-4-18)9-10-22(15-26-12-11-25-16-26)27-13-20(28-22)14-29-21-7-5-19(24)6-8-21/h1-8,11-12,16,20H,9-10,13-15H2. The smallest absolute Gasteiger partial charge is 0.187 e. The second-order valence-electron chi connectivity index (χ2n) is 7.09. The van der Waals surface area contributed by atoms with Gasteiger partial charge in [0, 0.05) is 34.5 Å². The molecule has 1 aliphatic rings. The Bertz CT molecular complexity index is 906. The number of imidazole rings is 1. The van der Waals surface area contributed by atoms with Crippen molar-refractivity contribution in [1.82, 2.24) is 9.55 Å². The second-order valence-corrected chi connectivity index (χ2v) is 8.62. The van der Waals surface area contributed by atoms with Crippen LogP contribution >= 0.6 is 23.4 Å². The number of benzene rings is 2. The number of thioether (sulfide) groups is 1. The summed E-state index contributed by atoms with van der Waals surface area (Å²) in [4.78, 5) is 5.14. The molecule has 1 aromatic heterocycles. The van der Waals surface area contributed by atoms with Crippen molar-refractivity contribution < 1.29 is 13.9 Å². The van der Waals surface area contributed by atoms with Crippen LogP contribution in [0.1, 0.15) is 12.0 Å². The molecule has 2 unspecified atom stereocenters. The fourth-order valence-corrected chi connectivity index (χ4v) is 4.35. The Balaban J connectivity index is 1.40. The molecule has 2 heterocycles. The molecular weight excluding hydrogens is 411 g/mol. The second kappa shape index (κ2) is 9.30.